The monoisotopic (exact) mass is 405 g/mol. The van der Waals surface area contributed by atoms with Crippen molar-refractivity contribution < 1.29 is 18.8 Å². The van der Waals surface area contributed by atoms with Crippen LogP contribution in [0.2, 0.25) is 0 Å². The number of amides is 3. The third kappa shape index (κ3) is 4.56. The topological polar surface area (TPSA) is 109 Å². The average molecular weight is 405 g/mol. The predicted molar refractivity (Wildman–Crippen MR) is 103 cm³/mol. The molecule has 28 heavy (non-hydrogen) atoms. The van der Waals surface area contributed by atoms with Gasteiger partial charge < -0.3 is 24.5 Å². The van der Waals surface area contributed by atoms with Crippen molar-refractivity contribution in [1.82, 2.24) is 25.1 Å². The third-order valence-corrected chi connectivity index (χ3v) is 5.61. The van der Waals surface area contributed by atoms with E-state index in [4.69, 9.17) is 4.42 Å². The maximum Gasteiger partial charge on any atom is 0.287 e. The fourth-order valence-electron chi connectivity index (χ4n) is 3.05. The highest BCUT2D eigenvalue weighted by molar-refractivity contribution is 7.98. The molecule has 2 aromatic heterocycles. The third-order valence-electron chi connectivity index (χ3n) is 4.53. The minimum absolute atomic E-state index is 0.146. The van der Waals surface area contributed by atoms with Gasteiger partial charge in [-0.3, -0.25) is 14.4 Å². The molecule has 9 nitrogen and oxygen atoms in total. The maximum absolute atomic E-state index is 12.4. The maximum atomic E-state index is 12.4. The lowest BCUT2D eigenvalue weighted by molar-refractivity contribution is -0.137. The molecule has 10 heteroatoms. The average Bonchev–Trinajstić information content (AvgIpc) is 3.44. The summed E-state index contributed by atoms with van der Waals surface area (Å²) in [6.07, 6.45) is 4.98. The van der Waals surface area contributed by atoms with E-state index >= 15 is 0 Å². The number of thioether (sulfide) groups is 1. The fraction of sp³-hybridized carbons (Fsp3) is 0.444. The van der Waals surface area contributed by atoms with E-state index in [2.05, 4.69) is 15.6 Å². The molecule has 2 N–H and O–H groups in total. The van der Waals surface area contributed by atoms with Gasteiger partial charge in [0.15, 0.2) is 10.9 Å². The minimum Gasteiger partial charge on any atom is -0.455 e. The molecule has 0 spiro atoms. The van der Waals surface area contributed by atoms with Crippen LogP contribution in [-0.4, -0.2) is 58.4 Å². The molecule has 1 fully saturated rings. The van der Waals surface area contributed by atoms with Gasteiger partial charge >= 0.3 is 0 Å². The van der Waals surface area contributed by atoms with Crippen LogP contribution in [0.25, 0.3) is 0 Å². The number of hydrogen-bond acceptors (Lipinski definition) is 6. The number of hydrogen-bond donors (Lipinski definition) is 2. The van der Waals surface area contributed by atoms with Crippen LogP contribution in [0.4, 0.5) is 0 Å². The van der Waals surface area contributed by atoms with Crippen LogP contribution < -0.4 is 10.6 Å². The number of aromatic nitrogens is 2. The molecule has 1 aliphatic rings. The minimum atomic E-state index is -0.465. The second-order valence-corrected chi connectivity index (χ2v) is 7.36. The number of nitrogens with one attached hydrogen (secondary N) is 2. The summed E-state index contributed by atoms with van der Waals surface area (Å²) in [5.41, 5.74) is 0. The van der Waals surface area contributed by atoms with Crippen LogP contribution in [0.5, 0.6) is 0 Å². The van der Waals surface area contributed by atoms with Gasteiger partial charge in [-0.05, 0) is 25.0 Å². The second kappa shape index (κ2) is 8.96. The summed E-state index contributed by atoms with van der Waals surface area (Å²) in [6.45, 7) is 0.340. The molecule has 0 aromatic carbocycles. The molecule has 150 valence electrons. The summed E-state index contributed by atoms with van der Waals surface area (Å²) < 4.78 is 7.46. The summed E-state index contributed by atoms with van der Waals surface area (Å²) in [6, 6.07) is 2.85. The largest absolute Gasteiger partial charge is 0.455 e. The van der Waals surface area contributed by atoms with Crippen LogP contribution in [0.1, 0.15) is 29.2 Å². The number of rotatable bonds is 7. The van der Waals surface area contributed by atoms with Crippen molar-refractivity contribution in [3.63, 3.8) is 0 Å². The molecule has 1 unspecified atom stereocenters. The zero-order chi connectivity index (χ0) is 20.1. The highest BCUT2D eigenvalue weighted by Crippen LogP contribution is 2.22. The van der Waals surface area contributed by atoms with Gasteiger partial charge in [-0.15, -0.1) is 0 Å². The quantitative estimate of drug-likeness (QED) is 0.659. The Bertz CT molecular complexity index is 862. The van der Waals surface area contributed by atoms with E-state index < -0.39 is 11.9 Å². The standard InChI is InChI=1S/C18H23N5O4S/c1-19-16(25)13-4-3-8-23(13)15(24)10-21-17(26)14-6-5-12(27-14)11-28-18-20-7-9-22(18)2/h5-7,9,13H,3-4,8,10-11H2,1-2H3,(H,19,25)(H,21,26). The van der Waals surface area contributed by atoms with Crippen LogP contribution >= 0.6 is 11.8 Å². The lowest BCUT2D eigenvalue weighted by Crippen LogP contribution is -2.48. The van der Waals surface area contributed by atoms with E-state index in [1.807, 2.05) is 17.8 Å². The fourth-order valence-corrected chi connectivity index (χ4v) is 3.88. The first-order valence-corrected chi connectivity index (χ1v) is 9.96. The predicted octanol–water partition coefficient (Wildman–Crippen LogP) is 0.772. The van der Waals surface area contributed by atoms with Gasteiger partial charge in [0.1, 0.15) is 11.8 Å². The van der Waals surface area contributed by atoms with Gasteiger partial charge in [-0.2, -0.15) is 0 Å². The molecule has 0 bridgehead atoms. The Hall–Kier alpha value is -2.75. The smallest absolute Gasteiger partial charge is 0.287 e. The van der Waals surface area contributed by atoms with E-state index in [0.717, 1.165) is 11.6 Å². The molecule has 1 atom stereocenters. The number of nitrogens with zero attached hydrogens (tertiary/aromatic N) is 3. The Labute approximate surface area is 166 Å². The van der Waals surface area contributed by atoms with Gasteiger partial charge in [0.2, 0.25) is 11.8 Å². The van der Waals surface area contributed by atoms with E-state index in [1.165, 1.54) is 16.7 Å². The Morgan fingerprint density at radius 2 is 2.18 bits per heavy atom. The highest BCUT2D eigenvalue weighted by Gasteiger charge is 2.33. The first-order valence-electron chi connectivity index (χ1n) is 8.97. The molecule has 0 saturated carbocycles. The van der Waals surface area contributed by atoms with Crippen molar-refractivity contribution in [2.45, 2.75) is 29.8 Å². The SMILES string of the molecule is CNC(=O)C1CCCN1C(=O)CNC(=O)c1ccc(CSc2nccn2C)o1. The van der Waals surface area contributed by atoms with Crippen molar-refractivity contribution in [1.29, 1.82) is 0 Å². The van der Waals surface area contributed by atoms with Crippen molar-refractivity contribution in [2.24, 2.45) is 7.05 Å². The molecular weight excluding hydrogens is 382 g/mol. The van der Waals surface area contributed by atoms with Gasteiger partial charge in [0.05, 0.1) is 12.3 Å². The number of carbonyl (C=O) groups is 3. The summed E-state index contributed by atoms with van der Waals surface area (Å²) in [4.78, 5) is 42.2. The normalized spacial score (nSPS) is 16.2. The van der Waals surface area contributed by atoms with E-state index in [9.17, 15) is 14.4 Å². The number of imidazole rings is 1. The van der Waals surface area contributed by atoms with Gasteiger partial charge in [-0.1, -0.05) is 11.8 Å². The Balaban J connectivity index is 1.50. The van der Waals surface area contributed by atoms with Gasteiger partial charge in [0.25, 0.3) is 5.91 Å². The number of aryl methyl sites for hydroxylation is 1. The van der Waals surface area contributed by atoms with Crippen molar-refractivity contribution >= 4 is 29.5 Å². The molecule has 3 heterocycles. The zero-order valence-corrected chi connectivity index (χ0v) is 16.6. The molecule has 2 aromatic rings. The molecule has 3 amide bonds. The first-order chi connectivity index (χ1) is 13.5. The summed E-state index contributed by atoms with van der Waals surface area (Å²) in [5, 5.41) is 5.99. The van der Waals surface area contributed by atoms with E-state index in [0.29, 0.717) is 24.5 Å². The summed E-state index contributed by atoms with van der Waals surface area (Å²) in [7, 11) is 3.45. The number of carbonyl (C=O) groups excluding carboxylic acids is 3. The molecule has 3 rings (SSSR count). The Kier molecular flexibility index (Phi) is 6.40. The van der Waals surface area contributed by atoms with Crippen LogP contribution in [0, 0.1) is 0 Å². The van der Waals surface area contributed by atoms with Crippen molar-refractivity contribution in [3.8, 4) is 0 Å². The molecular formula is C18H23N5O4S. The van der Waals surface area contributed by atoms with Crippen LogP contribution in [0.15, 0.2) is 34.1 Å². The second-order valence-electron chi connectivity index (χ2n) is 6.42. The van der Waals surface area contributed by atoms with E-state index in [1.54, 1.807) is 25.4 Å². The van der Waals surface area contributed by atoms with Crippen LogP contribution in [0.3, 0.4) is 0 Å². The lowest BCUT2D eigenvalue weighted by atomic mass is 10.2. The highest BCUT2D eigenvalue weighted by atomic mass is 32.2. The van der Waals surface area contributed by atoms with Gasteiger partial charge in [-0.25, -0.2) is 4.98 Å². The van der Waals surface area contributed by atoms with E-state index in [-0.39, 0.29) is 24.1 Å². The Morgan fingerprint density at radius 3 is 2.89 bits per heavy atom. The van der Waals surface area contributed by atoms with Crippen molar-refractivity contribution in [2.75, 3.05) is 20.1 Å². The number of furan rings is 1. The number of likely N-dealkylation sites (tertiary alicyclic amines) is 1. The number of likely N-dealkylation sites (N-methyl/N-ethyl adjacent to an activating group) is 1. The van der Waals surface area contributed by atoms with Crippen LogP contribution in [-0.2, 0) is 22.4 Å². The molecule has 1 saturated heterocycles. The molecule has 0 radical (unpaired) electrons. The lowest BCUT2D eigenvalue weighted by Gasteiger charge is -2.23. The molecule has 0 aliphatic carbocycles. The van der Waals surface area contributed by atoms with Crippen molar-refractivity contribution in [3.05, 3.63) is 36.0 Å². The Morgan fingerprint density at radius 1 is 1.36 bits per heavy atom. The summed E-state index contributed by atoms with van der Waals surface area (Å²) >= 11 is 1.50. The summed E-state index contributed by atoms with van der Waals surface area (Å²) in [5.74, 6) is 0.404. The molecule has 1 aliphatic heterocycles. The first kappa shape index (κ1) is 20.0. The zero-order valence-electron chi connectivity index (χ0n) is 15.8. The van der Waals surface area contributed by atoms with Gasteiger partial charge in [0, 0.05) is 33.0 Å².